The number of fused-ring (bicyclic) bond motifs is 1. The first kappa shape index (κ1) is 43.7. The van der Waals surface area contributed by atoms with Gasteiger partial charge < -0.3 is 20.3 Å². The molecule has 3 aromatic rings. The number of nitrogens with zero attached hydrogens (tertiary/aromatic N) is 4. The first-order valence-corrected chi connectivity index (χ1v) is 18.8. The predicted molar refractivity (Wildman–Crippen MR) is 217 cm³/mol. The topological polar surface area (TPSA) is 107 Å². The second-order valence-electron chi connectivity index (χ2n) is 13.4. The van der Waals surface area contributed by atoms with E-state index in [-0.39, 0.29) is 34.0 Å². The van der Waals surface area contributed by atoms with Gasteiger partial charge in [-0.1, -0.05) is 71.4 Å². The average Bonchev–Trinajstić information content (AvgIpc) is 3.60. The number of rotatable bonds is 10. The normalized spacial score (nSPS) is 14.9. The Labute approximate surface area is 325 Å². The van der Waals surface area contributed by atoms with Crippen LogP contribution in [-0.2, 0) is 20.8 Å². The summed E-state index contributed by atoms with van der Waals surface area (Å²) in [7, 11) is 8.67. The molecule has 5 rings (SSSR count). The Kier molecular flexibility index (Phi) is 15.8. The molecule has 0 fully saturated rings. The van der Waals surface area contributed by atoms with Gasteiger partial charge >= 0.3 is 0 Å². The van der Waals surface area contributed by atoms with E-state index in [1.165, 1.54) is 17.2 Å². The van der Waals surface area contributed by atoms with Crippen LogP contribution in [-0.4, -0.2) is 79.3 Å². The fourth-order valence-electron chi connectivity index (χ4n) is 6.41. The van der Waals surface area contributed by atoms with Crippen LogP contribution in [0.4, 0.5) is 10.1 Å². The molecule has 2 aromatic carbocycles. The van der Waals surface area contributed by atoms with Crippen molar-refractivity contribution in [2.75, 3.05) is 47.2 Å². The summed E-state index contributed by atoms with van der Waals surface area (Å²) < 4.78 is 21.4. The van der Waals surface area contributed by atoms with Gasteiger partial charge in [0.05, 0.1) is 17.8 Å². The number of aromatic nitrogens is 1. The molecule has 2 aliphatic rings. The van der Waals surface area contributed by atoms with Crippen LogP contribution in [0.15, 0.2) is 60.6 Å². The monoisotopic (exact) mass is 762 g/mol. The highest BCUT2D eigenvalue weighted by molar-refractivity contribution is 6.36. The van der Waals surface area contributed by atoms with Gasteiger partial charge in [-0.25, -0.2) is 9.37 Å². The minimum atomic E-state index is -0.583. The summed E-state index contributed by atoms with van der Waals surface area (Å²) in [5, 5.41) is 5.55. The summed E-state index contributed by atoms with van der Waals surface area (Å²) in [4.78, 5) is 46.5. The molecule has 0 spiro atoms. The van der Waals surface area contributed by atoms with Crippen molar-refractivity contribution in [1.82, 2.24) is 25.0 Å². The van der Waals surface area contributed by atoms with E-state index in [0.29, 0.717) is 39.8 Å². The van der Waals surface area contributed by atoms with E-state index in [1.54, 1.807) is 64.3 Å². The van der Waals surface area contributed by atoms with Gasteiger partial charge in [-0.15, -0.1) is 0 Å². The van der Waals surface area contributed by atoms with Crippen LogP contribution >= 0.6 is 11.6 Å². The maximum Gasteiger partial charge on any atom is 0.266 e. The van der Waals surface area contributed by atoms with Crippen molar-refractivity contribution in [2.24, 2.45) is 5.92 Å². The van der Waals surface area contributed by atoms with Gasteiger partial charge in [-0.2, -0.15) is 0 Å². The second kappa shape index (κ2) is 19.5. The first-order valence-electron chi connectivity index (χ1n) is 18.5. The minimum Gasteiger partial charge on any atom is -0.481 e. The Hall–Kier alpha value is -4.74. The molecule has 1 aliphatic heterocycles. The molecule has 0 saturated heterocycles. The summed E-state index contributed by atoms with van der Waals surface area (Å²) in [5.41, 5.74) is 5.13. The first-order chi connectivity index (χ1) is 25.7. The van der Waals surface area contributed by atoms with Crippen molar-refractivity contribution in [2.45, 2.75) is 73.3 Å². The highest BCUT2D eigenvalue weighted by Gasteiger charge is 2.32. The zero-order valence-electron chi connectivity index (χ0n) is 33.6. The fraction of sp³-hybridized carbons (Fsp3) is 0.429. The maximum absolute atomic E-state index is 15.6. The number of pyridine rings is 1. The van der Waals surface area contributed by atoms with Gasteiger partial charge in [0.15, 0.2) is 0 Å². The number of likely N-dealkylation sites (N-methyl/N-ethyl adjacent to an activating group) is 1. The molecule has 10 nitrogen and oxygen atoms in total. The quantitative estimate of drug-likeness (QED) is 0.200. The maximum atomic E-state index is 15.6. The third-order valence-corrected chi connectivity index (χ3v) is 10.00. The van der Waals surface area contributed by atoms with E-state index in [1.807, 2.05) is 33.8 Å². The van der Waals surface area contributed by atoms with Crippen LogP contribution in [0.2, 0.25) is 5.02 Å². The number of benzene rings is 2. The van der Waals surface area contributed by atoms with E-state index in [0.717, 1.165) is 43.4 Å². The SMILES string of the molecule is C=C1N(C)C=C(C(=O)Nc2cccc(-c3c(F)ccc(-c4cc5c(c(OC)n4)C(N(C)CCCC)CC5)c3Cl)c2C)C(=O)N1C.CC.CNC(=O)C(C)C. The van der Waals surface area contributed by atoms with Crippen LogP contribution < -0.4 is 15.4 Å². The molecule has 0 radical (unpaired) electrons. The number of hydrogen-bond donors (Lipinski definition) is 2. The van der Waals surface area contributed by atoms with Crippen molar-refractivity contribution in [3.63, 3.8) is 0 Å². The van der Waals surface area contributed by atoms with Crippen molar-refractivity contribution in [3.05, 3.63) is 88.1 Å². The molecule has 3 amide bonds. The van der Waals surface area contributed by atoms with Crippen LogP contribution in [0, 0.1) is 18.7 Å². The standard InChI is InChI=1S/C35H39ClFN5O3.C5H11NO.C2H6/c1-8-9-17-40(4)29-16-13-22-18-28(39-34(45-7)30(22)29)24-14-15-26(37)31(32(24)36)23-11-10-12-27(20(23)2)38-33(43)25-19-41(5)21(3)42(6)35(25)44;1-4(2)5(7)6-3;1-2/h10-12,14-15,18-19,29H,3,8-9,13,16-17H2,1-2,4-7H3,(H,38,43);4H,1-3H3,(H,6,7);1-2H3. The molecule has 0 bridgehead atoms. The lowest BCUT2D eigenvalue weighted by Crippen LogP contribution is -2.41. The van der Waals surface area contributed by atoms with Gasteiger partial charge in [0, 0.05) is 61.7 Å². The van der Waals surface area contributed by atoms with E-state index >= 15 is 4.39 Å². The lowest BCUT2D eigenvalue weighted by atomic mass is 9.95. The summed E-state index contributed by atoms with van der Waals surface area (Å²) in [6.45, 7) is 16.5. The van der Waals surface area contributed by atoms with Crippen LogP contribution in [0.3, 0.4) is 0 Å². The molecule has 12 heteroatoms. The van der Waals surface area contributed by atoms with Crippen molar-refractivity contribution < 1.29 is 23.5 Å². The van der Waals surface area contributed by atoms with Gasteiger partial charge in [-0.05, 0) is 80.7 Å². The number of carbonyl (C=O) groups excluding carboxylic acids is 3. The summed E-state index contributed by atoms with van der Waals surface area (Å²) in [6, 6.07) is 10.4. The van der Waals surface area contributed by atoms with E-state index in [4.69, 9.17) is 21.3 Å². The highest BCUT2D eigenvalue weighted by Crippen LogP contribution is 2.45. The predicted octanol–water partition coefficient (Wildman–Crippen LogP) is 8.36. The smallest absolute Gasteiger partial charge is 0.266 e. The van der Waals surface area contributed by atoms with Crippen LogP contribution in [0.1, 0.15) is 76.6 Å². The lowest BCUT2D eigenvalue weighted by Gasteiger charge is -2.31. The van der Waals surface area contributed by atoms with Crippen LogP contribution in [0.25, 0.3) is 22.4 Å². The molecule has 1 aromatic heterocycles. The molecule has 54 heavy (non-hydrogen) atoms. The molecule has 1 atom stereocenters. The third kappa shape index (κ3) is 9.49. The lowest BCUT2D eigenvalue weighted by molar-refractivity contribution is -0.128. The molecule has 0 saturated carbocycles. The number of unbranched alkanes of at least 4 members (excludes halogenated alkanes) is 1. The van der Waals surface area contributed by atoms with Gasteiger partial charge in [0.1, 0.15) is 17.2 Å². The average molecular weight is 763 g/mol. The summed E-state index contributed by atoms with van der Waals surface area (Å²) in [5.74, 6) is -0.336. The van der Waals surface area contributed by atoms with Crippen molar-refractivity contribution in [1.29, 1.82) is 0 Å². The number of aryl methyl sites for hydroxylation is 1. The number of hydrogen-bond acceptors (Lipinski definition) is 7. The van der Waals surface area contributed by atoms with Crippen molar-refractivity contribution in [3.8, 4) is 28.3 Å². The molecule has 1 aliphatic carbocycles. The zero-order valence-corrected chi connectivity index (χ0v) is 34.4. The number of anilines is 1. The van der Waals surface area contributed by atoms with Crippen LogP contribution in [0.5, 0.6) is 5.88 Å². The Morgan fingerprint density at radius 1 is 1.17 bits per heavy atom. The van der Waals surface area contributed by atoms with E-state index in [9.17, 15) is 14.4 Å². The number of amides is 3. The number of ether oxygens (including phenoxy) is 1. The molecule has 2 heterocycles. The Morgan fingerprint density at radius 2 is 1.85 bits per heavy atom. The largest absolute Gasteiger partial charge is 0.481 e. The highest BCUT2D eigenvalue weighted by atomic mass is 35.5. The van der Waals surface area contributed by atoms with Gasteiger partial charge in [-0.3, -0.25) is 24.2 Å². The number of carbonyl (C=O) groups is 3. The molecular weight excluding hydrogens is 707 g/mol. The van der Waals surface area contributed by atoms with E-state index < -0.39 is 17.6 Å². The Morgan fingerprint density at radius 3 is 2.44 bits per heavy atom. The molecular formula is C42H56ClFN6O4. The molecule has 2 N–H and O–H groups in total. The Bertz CT molecular complexity index is 1890. The molecule has 1 unspecified atom stereocenters. The second-order valence-corrected chi connectivity index (χ2v) is 13.8. The molecule has 292 valence electrons. The number of methoxy groups -OCH3 is 1. The minimum absolute atomic E-state index is 0.0427. The summed E-state index contributed by atoms with van der Waals surface area (Å²) in [6.07, 6.45) is 5.55. The van der Waals surface area contributed by atoms with Gasteiger partial charge in [0.2, 0.25) is 11.8 Å². The van der Waals surface area contributed by atoms with E-state index in [2.05, 4.69) is 36.1 Å². The third-order valence-electron chi connectivity index (χ3n) is 9.61. The fourth-order valence-corrected chi connectivity index (χ4v) is 6.76. The van der Waals surface area contributed by atoms with Crippen molar-refractivity contribution >= 4 is 35.0 Å². The zero-order chi connectivity index (χ0) is 40.4. The van der Waals surface area contributed by atoms with Gasteiger partial charge in [0.25, 0.3) is 11.8 Å². The number of nitrogens with one attached hydrogen (secondary N) is 2. The number of halogens is 2. The summed E-state index contributed by atoms with van der Waals surface area (Å²) >= 11 is 6.99. The Balaban J connectivity index is 0.000000783.